The molecule has 0 saturated carbocycles. The molecule has 3 heterocycles. The second-order valence-corrected chi connectivity index (χ2v) is 5.48. The number of pyridine rings is 2. The normalized spacial score (nSPS) is 11.0. The molecule has 0 atom stereocenters. The van der Waals surface area contributed by atoms with E-state index in [0.717, 1.165) is 5.39 Å². The van der Waals surface area contributed by atoms with Crippen LogP contribution in [0.25, 0.3) is 33.7 Å². The number of fused-ring (bicyclic) bond motifs is 1. The maximum atomic E-state index is 12.5. The van der Waals surface area contributed by atoms with Gasteiger partial charge in [0.05, 0.1) is 18.9 Å². The number of aromatic nitrogens is 4. The zero-order chi connectivity index (χ0) is 17.4. The van der Waals surface area contributed by atoms with Gasteiger partial charge in [0, 0.05) is 18.6 Å². The van der Waals surface area contributed by atoms with Gasteiger partial charge in [0.25, 0.3) is 11.4 Å². The predicted octanol–water partition coefficient (Wildman–Crippen LogP) is 2.66. The Labute approximate surface area is 142 Å². The van der Waals surface area contributed by atoms with E-state index < -0.39 is 0 Å². The summed E-state index contributed by atoms with van der Waals surface area (Å²) >= 11 is 0. The van der Waals surface area contributed by atoms with Crippen molar-refractivity contribution in [2.45, 2.75) is 0 Å². The van der Waals surface area contributed by atoms with Crippen molar-refractivity contribution < 1.29 is 9.26 Å². The summed E-state index contributed by atoms with van der Waals surface area (Å²) in [5.41, 5.74) is 1.10. The van der Waals surface area contributed by atoms with Gasteiger partial charge in [-0.3, -0.25) is 9.78 Å². The molecule has 0 N–H and O–H groups in total. The minimum atomic E-state index is -0.116. The number of benzene rings is 1. The van der Waals surface area contributed by atoms with Crippen LogP contribution in [0.15, 0.2) is 58.1 Å². The van der Waals surface area contributed by atoms with Crippen LogP contribution in [0.5, 0.6) is 5.75 Å². The molecule has 0 aliphatic heterocycles. The van der Waals surface area contributed by atoms with E-state index in [4.69, 9.17) is 9.26 Å². The molecule has 3 aromatic heterocycles. The third-order valence-electron chi connectivity index (χ3n) is 4.04. The van der Waals surface area contributed by atoms with E-state index in [-0.39, 0.29) is 11.4 Å². The third kappa shape index (κ3) is 2.46. The number of ether oxygens (including phenoxy) is 1. The zero-order valence-electron chi connectivity index (χ0n) is 13.6. The van der Waals surface area contributed by atoms with Gasteiger partial charge in [-0.2, -0.15) is 4.98 Å². The van der Waals surface area contributed by atoms with Crippen molar-refractivity contribution in [3.05, 3.63) is 59.1 Å². The summed E-state index contributed by atoms with van der Waals surface area (Å²) in [6.45, 7) is 0. The molecule has 7 heteroatoms. The molecule has 0 bridgehead atoms. The van der Waals surface area contributed by atoms with Crippen molar-refractivity contribution in [1.29, 1.82) is 0 Å². The molecule has 0 amide bonds. The van der Waals surface area contributed by atoms with Gasteiger partial charge < -0.3 is 13.8 Å². The molecule has 1 aromatic carbocycles. The number of methoxy groups -OCH3 is 1. The van der Waals surface area contributed by atoms with Crippen LogP contribution in [0.2, 0.25) is 0 Å². The largest absolute Gasteiger partial charge is 0.494 e. The van der Waals surface area contributed by atoms with Crippen LogP contribution < -0.4 is 10.3 Å². The van der Waals surface area contributed by atoms with Gasteiger partial charge in [0.15, 0.2) is 0 Å². The molecule has 0 spiro atoms. The molecular formula is C18H14N4O3. The number of hydrogen-bond acceptors (Lipinski definition) is 6. The van der Waals surface area contributed by atoms with Crippen molar-refractivity contribution in [2.24, 2.45) is 7.05 Å². The zero-order valence-corrected chi connectivity index (χ0v) is 13.6. The van der Waals surface area contributed by atoms with E-state index in [0.29, 0.717) is 28.2 Å². The Morgan fingerprint density at radius 2 is 2.04 bits per heavy atom. The first-order valence-corrected chi connectivity index (χ1v) is 7.60. The lowest BCUT2D eigenvalue weighted by Crippen LogP contribution is -2.18. The second kappa shape index (κ2) is 5.86. The molecule has 0 unspecified atom stereocenters. The lowest BCUT2D eigenvalue weighted by molar-refractivity contribution is 0.411. The summed E-state index contributed by atoms with van der Waals surface area (Å²) in [6.07, 6.45) is 3.21. The van der Waals surface area contributed by atoms with E-state index >= 15 is 0 Å². The molecule has 0 saturated heterocycles. The highest BCUT2D eigenvalue weighted by Crippen LogP contribution is 2.28. The minimum absolute atomic E-state index is 0.116. The Kier molecular flexibility index (Phi) is 3.53. The molecule has 4 rings (SSSR count). The Balaban J connectivity index is 1.87. The fraction of sp³-hybridized carbons (Fsp3) is 0.111. The fourth-order valence-corrected chi connectivity index (χ4v) is 2.72. The Morgan fingerprint density at radius 1 is 1.20 bits per heavy atom. The van der Waals surface area contributed by atoms with Crippen molar-refractivity contribution in [3.63, 3.8) is 0 Å². The quantitative estimate of drug-likeness (QED) is 0.573. The highest BCUT2D eigenvalue weighted by molar-refractivity contribution is 5.84. The van der Waals surface area contributed by atoms with Gasteiger partial charge in [0.2, 0.25) is 5.82 Å². The molecule has 7 nitrogen and oxygen atoms in total. The lowest BCUT2D eigenvalue weighted by Gasteiger charge is -2.06. The topological polar surface area (TPSA) is 83.0 Å². The van der Waals surface area contributed by atoms with Crippen LogP contribution >= 0.6 is 0 Å². The average Bonchev–Trinajstić information content (AvgIpc) is 3.14. The molecule has 25 heavy (non-hydrogen) atoms. The maximum absolute atomic E-state index is 12.5. The first-order chi connectivity index (χ1) is 12.2. The molecule has 0 aliphatic rings. The maximum Gasteiger partial charge on any atom is 0.274 e. The first-order valence-electron chi connectivity index (χ1n) is 7.60. The standard InChI is InChI=1S/C18H14N4O3/c1-22-14(9-11-5-3-4-6-12(11)18(22)23)17-20-16(21-25-17)13-7-8-19-10-15(13)24-2/h3-10H,1-2H3. The molecular weight excluding hydrogens is 320 g/mol. The molecule has 0 fully saturated rings. The fourth-order valence-electron chi connectivity index (χ4n) is 2.72. The summed E-state index contributed by atoms with van der Waals surface area (Å²) in [5, 5.41) is 5.48. The predicted molar refractivity (Wildman–Crippen MR) is 92.3 cm³/mol. The smallest absolute Gasteiger partial charge is 0.274 e. The summed E-state index contributed by atoms with van der Waals surface area (Å²) in [4.78, 5) is 21.0. The van der Waals surface area contributed by atoms with Gasteiger partial charge in [-0.05, 0) is 23.6 Å². The molecule has 0 radical (unpaired) electrons. The second-order valence-electron chi connectivity index (χ2n) is 5.48. The summed E-state index contributed by atoms with van der Waals surface area (Å²) in [6, 6.07) is 11.0. The highest BCUT2D eigenvalue weighted by atomic mass is 16.5. The summed E-state index contributed by atoms with van der Waals surface area (Å²) in [7, 11) is 3.23. The van der Waals surface area contributed by atoms with E-state index in [2.05, 4.69) is 15.1 Å². The van der Waals surface area contributed by atoms with Gasteiger partial charge >= 0.3 is 0 Å². The number of hydrogen-bond donors (Lipinski definition) is 0. The SMILES string of the molecule is COc1cnccc1-c1noc(-c2cc3ccccc3c(=O)n2C)n1. The van der Waals surface area contributed by atoms with Gasteiger partial charge in [0.1, 0.15) is 11.4 Å². The number of nitrogens with zero attached hydrogens (tertiary/aromatic N) is 4. The molecule has 0 aliphatic carbocycles. The lowest BCUT2D eigenvalue weighted by atomic mass is 10.1. The Bertz CT molecular complexity index is 1130. The van der Waals surface area contributed by atoms with Crippen LogP contribution in [0.3, 0.4) is 0 Å². The third-order valence-corrected chi connectivity index (χ3v) is 4.04. The van der Waals surface area contributed by atoms with Gasteiger partial charge in [-0.15, -0.1) is 0 Å². The van der Waals surface area contributed by atoms with Gasteiger partial charge in [-0.1, -0.05) is 23.4 Å². The van der Waals surface area contributed by atoms with Crippen LogP contribution in [0, 0.1) is 0 Å². The molecule has 4 aromatic rings. The average molecular weight is 334 g/mol. The highest BCUT2D eigenvalue weighted by Gasteiger charge is 2.17. The monoisotopic (exact) mass is 334 g/mol. The summed E-state index contributed by atoms with van der Waals surface area (Å²) in [5.74, 6) is 1.18. The van der Waals surface area contributed by atoms with Crippen molar-refractivity contribution in [1.82, 2.24) is 19.7 Å². The van der Waals surface area contributed by atoms with Crippen LogP contribution in [-0.4, -0.2) is 26.8 Å². The Morgan fingerprint density at radius 3 is 2.88 bits per heavy atom. The van der Waals surface area contributed by atoms with Crippen molar-refractivity contribution in [3.8, 4) is 28.7 Å². The Hall–Kier alpha value is -3.48. The minimum Gasteiger partial charge on any atom is -0.494 e. The van der Waals surface area contributed by atoms with Crippen LogP contribution in [-0.2, 0) is 7.05 Å². The van der Waals surface area contributed by atoms with E-state index in [9.17, 15) is 4.79 Å². The van der Waals surface area contributed by atoms with Crippen LogP contribution in [0.1, 0.15) is 0 Å². The summed E-state index contributed by atoms with van der Waals surface area (Å²) < 4.78 is 12.2. The molecule has 124 valence electrons. The van der Waals surface area contributed by atoms with Crippen molar-refractivity contribution in [2.75, 3.05) is 7.11 Å². The van der Waals surface area contributed by atoms with E-state index in [1.165, 1.54) is 4.57 Å². The van der Waals surface area contributed by atoms with Gasteiger partial charge in [-0.25, -0.2) is 0 Å². The van der Waals surface area contributed by atoms with Crippen molar-refractivity contribution >= 4 is 10.8 Å². The van der Waals surface area contributed by atoms with E-state index in [1.54, 1.807) is 38.7 Å². The van der Waals surface area contributed by atoms with E-state index in [1.807, 2.05) is 24.3 Å². The van der Waals surface area contributed by atoms with Crippen LogP contribution in [0.4, 0.5) is 0 Å². The first kappa shape index (κ1) is 15.1. The number of rotatable bonds is 3.